The second-order valence-electron chi connectivity index (χ2n) is 5.77. The summed E-state index contributed by atoms with van der Waals surface area (Å²) in [7, 11) is 0. The van der Waals surface area contributed by atoms with Gasteiger partial charge in [0.1, 0.15) is 11.1 Å². The molecule has 6 nitrogen and oxygen atoms in total. The average molecular weight is 433 g/mol. The van der Waals surface area contributed by atoms with Crippen LogP contribution >= 0.6 is 35.0 Å². The van der Waals surface area contributed by atoms with Crippen LogP contribution in [0, 0.1) is 0 Å². The zero-order chi connectivity index (χ0) is 19.5. The molecule has 1 N–H and O–H groups in total. The molecule has 0 fully saturated rings. The molecule has 0 spiro atoms. The van der Waals surface area contributed by atoms with Gasteiger partial charge in [0.15, 0.2) is 10.8 Å². The summed E-state index contributed by atoms with van der Waals surface area (Å²) in [5, 5.41) is 6.25. The van der Waals surface area contributed by atoms with E-state index in [2.05, 4.69) is 15.1 Å². The molecule has 2 aromatic heterocycles. The fourth-order valence-corrected chi connectivity index (χ4v) is 3.75. The molecule has 4 aromatic rings. The fraction of sp³-hybridized carbons (Fsp3) is 0.105. The lowest BCUT2D eigenvalue weighted by atomic mass is 10.3. The molecule has 0 unspecified atom stereocenters. The Morgan fingerprint density at radius 1 is 1.14 bits per heavy atom. The van der Waals surface area contributed by atoms with Gasteiger partial charge in [0.05, 0.1) is 23.5 Å². The van der Waals surface area contributed by atoms with E-state index < -0.39 is 0 Å². The number of benzene rings is 2. The van der Waals surface area contributed by atoms with Gasteiger partial charge in [0.25, 0.3) is 5.56 Å². The first-order chi connectivity index (χ1) is 13.6. The van der Waals surface area contributed by atoms with Crippen LogP contribution in [-0.4, -0.2) is 32.1 Å². The van der Waals surface area contributed by atoms with Crippen LogP contribution in [0.2, 0.25) is 10.0 Å². The van der Waals surface area contributed by atoms with Crippen molar-refractivity contribution in [3.8, 4) is 11.4 Å². The lowest BCUT2D eigenvalue weighted by Crippen LogP contribution is -2.10. The molecule has 0 saturated carbocycles. The number of hydrogen-bond donors (Lipinski definition) is 1. The first-order valence-corrected chi connectivity index (χ1v) is 10.1. The van der Waals surface area contributed by atoms with Crippen LogP contribution in [0.1, 0.15) is 0 Å². The summed E-state index contributed by atoms with van der Waals surface area (Å²) < 4.78 is 7.31. The van der Waals surface area contributed by atoms with Gasteiger partial charge in [-0.1, -0.05) is 53.2 Å². The predicted molar refractivity (Wildman–Crippen MR) is 112 cm³/mol. The number of nitrogens with one attached hydrogen (secondary N) is 1. The number of thioether (sulfide) groups is 1. The molecule has 0 radical (unpaired) electrons. The Hall–Kier alpha value is -2.48. The lowest BCUT2D eigenvalue weighted by Gasteiger charge is -2.08. The minimum atomic E-state index is -0.226. The van der Waals surface area contributed by atoms with Gasteiger partial charge < -0.3 is 9.72 Å². The number of ether oxygens (including phenoxy) is 1. The van der Waals surface area contributed by atoms with Crippen LogP contribution < -0.4 is 10.3 Å². The van der Waals surface area contributed by atoms with E-state index >= 15 is 0 Å². The summed E-state index contributed by atoms with van der Waals surface area (Å²) in [5.41, 5.74) is 1.13. The Kier molecular flexibility index (Phi) is 5.57. The molecule has 0 aliphatic rings. The monoisotopic (exact) mass is 432 g/mol. The number of hydrogen-bond acceptors (Lipinski definition) is 5. The molecule has 28 heavy (non-hydrogen) atoms. The van der Waals surface area contributed by atoms with Gasteiger partial charge in [-0.2, -0.15) is 5.10 Å². The van der Waals surface area contributed by atoms with Crippen molar-refractivity contribution in [1.82, 2.24) is 19.7 Å². The third-order valence-electron chi connectivity index (χ3n) is 3.89. The molecule has 0 saturated heterocycles. The third-order valence-corrected chi connectivity index (χ3v) is 5.26. The molecule has 142 valence electrons. The standard InChI is InChI=1S/C19H14Cl2N4O2S/c20-12-6-7-16(15(21)10-12)27-8-9-28-19-23-17-14(18(26)24-19)11-22-25(17)13-4-2-1-3-5-13/h1-7,10-11H,8-9H2,(H,23,24,26). The zero-order valence-electron chi connectivity index (χ0n) is 14.4. The largest absolute Gasteiger partial charge is 0.491 e. The van der Waals surface area contributed by atoms with Gasteiger partial charge in [-0.3, -0.25) is 4.79 Å². The maximum Gasteiger partial charge on any atom is 0.262 e. The summed E-state index contributed by atoms with van der Waals surface area (Å²) in [6, 6.07) is 14.6. The maximum absolute atomic E-state index is 12.4. The Balaban J connectivity index is 1.49. The molecule has 9 heteroatoms. The first-order valence-electron chi connectivity index (χ1n) is 8.36. The van der Waals surface area contributed by atoms with Crippen molar-refractivity contribution in [3.05, 3.63) is 75.1 Å². The predicted octanol–water partition coefficient (Wildman–Crippen LogP) is 4.59. The van der Waals surface area contributed by atoms with E-state index in [-0.39, 0.29) is 5.56 Å². The highest BCUT2D eigenvalue weighted by Gasteiger charge is 2.12. The number of rotatable bonds is 6. The summed E-state index contributed by atoms with van der Waals surface area (Å²) in [4.78, 5) is 19.7. The van der Waals surface area contributed by atoms with Gasteiger partial charge in [0.2, 0.25) is 0 Å². The molecule has 0 amide bonds. The summed E-state index contributed by atoms with van der Waals surface area (Å²) in [6.45, 7) is 0.395. The second-order valence-corrected chi connectivity index (χ2v) is 7.70. The van der Waals surface area contributed by atoms with Gasteiger partial charge in [-0.25, -0.2) is 9.67 Å². The van der Waals surface area contributed by atoms with Crippen LogP contribution in [0.3, 0.4) is 0 Å². The van der Waals surface area contributed by atoms with E-state index in [1.807, 2.05) is 30.3 Å². The van der Waals surface area contributed by atoms with Crippen molar-refractivity contribution < 1.29 is 4.74 Å². The van der Waals surface area contributed by atoms with Crippen LogP contribution in [0.5, 0.6) is 5.75 Å². The summed E-state index contributed by atoms with van der Waals surface area (Å²) in [5.74, 6) is 1.14. The SMILES string of the molecule is O=c1[nH]c(SCCOc2ccc(Cl)cc2Cl)nc2c1cnn2-c1ccccc1. The van der Waals surface area contributed by atoms with Gasteiger partial charge in [-0.05, 0) is 30.3 Å². The number of fused-ring (bicyclic) bond motifs is 1. The van der Waals surface area contributed by atoms with Crippen molar-refractivity contribution in [3.63, 3.8) is 0 Å². The second kappa shape index (κ2) is 8.26. The molecule has 0 atom stereocenters. The van der Waals surface area contributed by atoms with Gasteiger partial charge >= 0.3 is 0 Å². The molecule has 2 aromatic carbocycles. The van der Waals surface area contributed by atoms with Crippen molar-refractivity contribution in [2.75, 3.05) is 12.4 Å². The summed E-state index contributed by atoms with van der Waals surface area (Å²) in [6.07, 6.45) is 1.52. The molecule has 0 aliphatic carbocycles. The Morgan fingerprint density at radius 2 is 1.96 bits per heavy atom. The van der Waals surface area contributed by atoms with Crippen LogP contribution in [-0.2, 0) is 0 Å². The number of halogens is 2. The number of para-hydroxylation sites is 1. The Bertz CT molecular complexity index is 1180. The Morgan fingerprint density at radius 3 is 2.75 bits per heavy atom. The quantitative estimate of drug-likeness (QED) is 0.274. The molecule has 2 heterocycles. The van der Waals surface area contributed by atoms with Crippen molar-refractivity contribution in [2.45, 2.75) is 5.16 Å². The van der Waals surface area contributed by atoms with Gasteiger partial charge in [0, 0.05) is 10.8 Å². The minimum Gasteiger partial charge on any atom is -0.491 e. The van der Waals surface area contributed by atoms with E-state index in [0.717, 1.165) is 5.69 Å². The summed E-state index contributed by atoms with van der Waals surface area (Å²) >= 11 is 13.3. The van der Waals surface area contributed by atoms with Crippen molar-refractivity contribution in [2.24, 2.45) is 0 Å². The number of aromatic nitrogens is 4. The molecule has 4 rings (SSSR count). The van der Waals surface area contributed by atoms with E-state index in [9.17, 15) is 4.79 Å². The number of aromatic amines is 1. The lowest BCUT2D eigenvalue weighted by molar-refractivity contribution is 0.344. The van der Waals surface area contributed by atoms with E-state index in [1.165, 1.54) is 18.0 Å². The van der Waals surface area contributed by atoms with Crippen molar-refractivity contribution in [1.29, 1.82) is 0 Å². The normalized spacial score (nSPS) is 11.1. The topological polar surface area (TPSA) is 72.8 Å². The third kappa shape index (κ3) is 4.01. The first kappa shape index (κ1) is 18.9. The molecule has 0 aliphatic heterocycles. The maximum atomic E-state index is 12.4. The molecular weight excluding hydrogens is 419 g/mol. The van der Waals surface area contributed by atoms with Crippen LogP contribution in [0.4, 0.5) is 0 Å². The van der Waals surface area contributed by atoms with Gasteiger partial charge in [-0.15, -0.1) is 0 Å². The molecular formula is C19H14Cl2N4O2S. The van der Waals surface area contributed by atoms with Crippen LogP contribution in [0.25, 0.3) is 16.7 Å². The number of H-pyrrole nitrogens is 1. The van der Waals surface area contributed by atoms with Crippen molar-refractivity contribution >= 4 is 46.0 Å². The number of nitrogens with zero attached hydrogens (tertiary/aromatic N) is 3. The van der Waals surface area contributed by atoms with E-state index in [4.69, 9.17) is 27.9 Å². The zero-order valence-corrected chi connectivity index (χ0v) is 16.8. The average Bonchev–Trinajstić information content (AvgIpc) is 3.12. The Labute approximate surface area is 174 Å². The smallest absolute Gasteiger partial charge is 0.262 e. The van der Waals surface area contributed by atoms with Crippen LogP contribution in [0.15, 0.2) is 64.7 Å². The molecule has 0 bridgehead atoms. The van der Waals surface area contributed by atoms with E-state index in [1.54, 1.807) is 22.9 Å². The highest BCUT2D eigenvalue weighted by Crippen LogP contribution is 2.27. The fourth-order valence-electron chi connectivity index (χ4n) is 2.61. The van der Waals surface area contributed by atoms with E-state index in [0.29, 0.717) is 44.3 Å². The highest BCUT2D eigenvalue weighted by atomic mass is 35.5. The minimum absolute atomic E-state index is 0.226. The highest BCUT2D eigenvalue weighted by molar-refractivity contribution is 7.99.